The van der Waals surface area contributed by atoms with Crippen LogP contribution in [0.15, 0.2) is 35.5 Å². The van der Waals surface area contributed by atoms with E-state index in [1.165, 1.54) is 0 Å². The van der Waals surface area contributed by atoms with Crippen LogP contribution < -0.4 is 0 Å². The van der Waals surface area contributed by atoms with Crippen LogP contribution in [0.2, 0.25) is 0 Å². The average Bonchev–Trinajstić information content (AvgIpc) is 2.78. The van der Waals surface area contributed by atoms with Gasteiger partial charge in [0.15, 0.2) is 4.33 Å². The Bertz CT molecular complexity index is 475. The molecule has 0 amide bonds. The molecule has 2 rings (SSSR count). The molecule has 7 heteroatoms. The highest BCUT2D eigenvalue weighted by Crippen LogP contribution is 2.43. The van der Waals surface area contributed by atoms with Gasteiger partial charge in [-0.1, -0.05) is 58.7 Å². The van der Waals surface area contributed by atoms with Crippen molar-refractivity contribution in [3.8, 4) is 0 Å². The van der Waals surface area contributed by atoms with Crippen molar-refractivity contribution in [2.45, 2.75) is 4.33 Å². The van der Waals surface area contributed by atoms with Gasteiger partial charge in [-0.3, -0.25) is 0 Å². The third-order valence-electron chi connectivity index (χ3n) is 2.48. The van der Waals surface area contributed by atoms with Crippen LogP contribution in [0.5, 0.6) is 0 Å². The Labute approximate surface area is 113 Å². The number of carbonyl (C=O) groups is 1. The Morgan fingerprint density at radius 3 is 2.72 bits per heavy atom. The molecular weight excluding hydrogens is 281 g/mol. The van der Waals surface area contributed by atoms with Crippen molar-refractivity contribution in [3.63, 3.8) is 0 Å². The van der Waals surface area contributed by atoms with E-state index in [-0.39, 0.29) is 12.5 Å². The quantitative estimate of drug-likeness (QED) is 0.671. The SMILES string of the molecule is O=C(O)OC1=NOCC1C(Cl)(Cl)c1ccccc1. The molecular formula is C11H9Cl2NO4. The number of halogens is 2. The average molecular weight is 290 g/mol. The maximum absolute atomic E-state index is 10.5. The highest BCUT2D eigenvalue weighted by Gasteiger charge is 2.45. The van der Waals surface area contributed by atoms with Crippen LogP contribution >= 0.6 is 23.2 Å². The van der Waals surface area contributed by atoms with Gasteiger partial charge in [0.2, 0.25) is 5.90 Å². The van der Waals surface area contributed by atoms with Crippen LogP contribution in [0.25, 0.3) is 0 Å². The molecule has 0 aliphatic carbocycles. The summed E-state index contributed by atoms with van der Waals surface area (Å²) in [6.45, 7) is 0.0600. The predicted molar refractivity (Wildman–Crippen MR) is 65.8 cm³/mol. The first-order valence-electron chi connectivity index (χ1n) is 5.06. The lowest BCUT2D eigenvalue weighted by atomic mass is 9.99. The summed E-state index contributed by atoms with van der Waals surface area (Å²) in [6, 6.07) is 8.84. The van der Waals surface area contributed by atoms with Crippen LogP contribution in [0.4, 0.5) is 4.79 Å². The van der Waals surface area contributed by atoms with Crippen LogP contribution in [0, 0.1) is 5.92 Å². The summed E-state index contributed by atoms with van der Waals surface area (Å²) < 4.78 is 3.14. The maximum Gasteiger partial charge on any atom is 0.512 e. The molecule has 0 bridgehead atoms. The van der Waals surface area contributed by atoms with Gasteiger partial charge in [-0.05, 0) is 5.56 Å². The van der Waals surface area contributed by atoms with Gasteiger partial charge in [0.25, 0.3) is 0 Å². The molecule has 1 unspecified atom stereocenters. The van der Waals surface area contributed by atoms with Gasteiger partial charge in [-0.15, -0.1) is 0 Å². The maximum atomic E-state index is 10.5. The van der Waals surface area contributed by atoms with E-state index in [0.717, 1.165) is 0 Å². The smallest absolute Gasteiger partial charge is 0.449 e. The van der Waals surface area contributed by atoms with E-state index in [4.69, 9.17) is 33.1 Å². The minimum Gasteiger partial charge on any atom is -0.449 e. The zero-order valence-electron chi connectivity index (χ0n) is 9.05. The van der Waals surface area contributed by atoms with Crippen molar-refractivity contribution in [2.24, 2.45) is 11.1 Å². The fourth-order valence-electron chi connectivity index (χ4n) is 1.61. The Morgan fingerprint density at radius 2 is 2.11 bits per heavy atom. The summed E-state index contributed by atoms with van der Waals surface area (Å²) in [5.41, 5.74) is 0.616. The second kappa shape index (κ2) is 5.04. The molecule has 1 aliphatic rings. The summed E-state index contributed by atoms with van der Waals surface area (Å²) in [7, 11) is 0. The zero-order valence-corrected chi connectivity index (χ0v) is 10.6. The van der Waals surface area contributed by atoms with Gasteiger partial charge in [-0.25, -0.2) is 4.79 Å². The summed E-state index contributed by atoms with van der Waals surface area (Å²) in [5, 5.41) is 12.1. The number of hydrogen-bond donors (Lipinski definition) is 1. The number of carboxylic acid groups (broad SMARTS) is 1. The van der Waals surface area contributed by atoms with Crippen molar-refractivity contribution < 1.29 is 19.5 Å². The summed E-state index contributed by atoms with van der Waals surface area (Å²) in [6.07, 6.45) is -1.48. The fraction of sp³-hybridized carbons (Fsp3) is 0.273. The van der Waals surface area contributed by atoms with E-state index in [1.54, 1.807) is 24.3 Å². The highest BCUT2D eigenvalue weighted by atomic mass is 35.5. The monoisotopic (exact) mass is 289 g/mol. The molecule has 0 spiro atoms. The van der Waals surface area contributed by atoms with Crippen molar-refractivity contribution in [3.05, 3.63) is 35.9 Å². The van der Waals surface area contributed by atoms with Crippen LogP contribution in [0.3, 0.4) is 0 Å². The number of ether oxygens (including phenoxy) is 1. The molecule has 1 N–H and O–H groups in total. The van der Waals surface area contributed by atoms with E-state index >= 15 is 0 Å². The number of alkyl halides is 2. The van der Waals surface area contributed by atoms with Crippen molar-refractivity contribution in [1.29, 1.82) is 0 Å². The van der Waals surface area contributed by atoms with Gasteiger partial charge >= 0.3 is 6.16 Å². The first-order chi connectivity index (χ1) is 8.51. The van der Waals surface area contributed by atoms with E-state index in [1.807, 2.05) is 6.07 Å². The molecule has 1 heterocycles. The molecule has 0 saturated carbocycles. The number of benzene rings is 1. The molecule has 0 fully saturated rings. The van der Waals surface area contributed by atoms with Gasteiger partial charge in [0.05, 0.1) is 0 Å². The minimum atomic E-state index is -1.48. The Kier molecular flexibility index (Phi) is 3.63. The standard InChI is InChI=1S/C11H9Cl2NO4/c12-11(13,7-4-2-1-3-5-7)8-6-17-14-9(8)18-10(15)16/h1-5,8H,6H2,(H,15,16). The van der Waals surface area contributed by atoms with E-state index in [2.05, 4.69) is 9.89 Å². The predicted octanol–water partition coefficient (Wildman–Crippen LogP) is 2.97. The fourth-order valence-corrected chi connectivity index (χ4v) is 2.18. The number of oxime groups is 1. The lowest BCUT2D eigenvalue weighted by molar-refractivity contribution is 0.137. The van der Waals surface area contributed by atoms with Gasteiger partial charge < -0.3 is 14.7 Å². The minimum absolute atomic E-state index is 0.0600. The van der Waals surface area contributed by atoms with Crippen LogP contribution in [0.1, 0.15) is 5.56 Å². The summed E-state index contributed by atoms with van der Waals surface area (Å²) in [5.74, 6) is -0.823. The number of nitrogens with zero attached hydrogens (tertiary/aromatic N) is 1. The lowest BCUT2D eigenvalue weighted by Gasteiger charge is -2.25. The van der Waals surface area contributed by atoms with Gasteiger partial charge in [-0.2, -0.15) is 0 Å². The van der Waals surface area contributed by atoms with Gasteiger partial charge in [0, 0.05) is 0 Å². The van der Waals surface area contributed by atoms with Gasteiger partial charge in [0.1, 0.15) is 12.5 Å². The molecule has 1 aromatic rings. The second-order valence-electron chi connectivity index (χ2n) is 3.63. The highest BCUT2D eigenvalue weighted by molar-refractivity contribution is 6.49. The first-order valence-corrected chi connectivity index (χ1v) is 5.81. The molecule has 1 aromatic carbocycles. The zero-order chi connectivity index (χ0) is 13.2. The van der Waals surface area contributed by atoms with E-state index in [9.17, 15) is 4.79 Å². The Hall–Kier alpha value is -1.46. The topological polar surface area (TPSA) is 68.1 Å². The third-order valence-corrected chi connectivity index (χ3v) is 3.45. The molecule has 1 atom stereocenters. The molecule has 0 radical (unpaired) electrons. The Morgan fingerprint density at radius 1 is 1.44 bits per heavy atom. The number of rotatable bonds is 2. The molecule has 0 saturated heterocycles. The lowest BCUT2D eigenvalue weighted by Crippen LogP contribution is -2.33. The summed E-state index contributed by atoms with van der Waals surface area (Å²) in [4.78, 5) is 15.3. The van der Waals surface area contributed by atoms with Crippen LogP contribution in [-0.2, 0) is 13.9 Å². The van der Waals surface area contributed by atoms with Crippen molar-refractivity contribution in [2.75, 3.05) is 6.61 Å². The second-order valence-corrected chi connectivity index (χ2v) is 5.02. The molecule has 0 aromatic heterocycles. The largest absolute Gasteiger partial charge is 0.512 e. The van der Waals surface area contributed by atoms with E-state index < -0.39 is 16.4 Å². The molecule has 18 heavy (non-hydrogen) atoms. The first kappa shape index (κ1) is 13.0. The van der Waals surface area contributed by atoms with Crippen molar-refractivity contribution >= 4 is 35.3 Å². The molecule has 96 valence electrons. The third kappa shape index (κ3) is 2.52. The summed E-state index contributed by atoms with van der Waals surface area (Å²) >= 11 is 12.6. The molecule has 5 nitrogen and oxygen atoms in total. The normalized spacial score (nSPS) is 19.0. The van der Waals surface area contributed by atoms with Crippen LogP contribution in [-0.4, -0.2) is 23.8 Å². The van der Waals surface area contributed by atoms with E-state index in [0.29, 0.717) is 5.56 Å². The number of hydrogen-bond acceptors (Lipinski definition) is 4. The Balaban J connectivity index is 2.25. The van der Waals surface area contributed by atoms with Crippen molar-refractivity contribution in [1.82, 2.24) is 0 Å². The molecule has 1 aliphatic heterocycles.